The number of aromatic nitrogens is 1. The number of thiazole rings is 1. The van der Waals surface area contributed by atoms with E-state index in [9.17, 15) is 9.59 Å². The summed E-state index contributed by atoms with van der Waals surface area (Å²) in [5, 5.41) is 2.72. The lowest BCUT2D eigenvalue weighted by molar-refractivity contribution is 0.0975. The van der Waals surface area contributed by atoms with Crippen LogP contribution in [0.4, 0.5) is 0 Å². The summed E-state index contributed by atoms with van der Waals surface area (Å²) in [5.74, 6) is -0.462. The van der Waals surface area contributed by atoms with Crippen molar-refractivity contribution in [3.63, 3.8) is 0 Å². The molecule has 0 bridgehead atoms. The van der Waals surface area contributed by atoms with Crippen molar-refractivity contribution < 1.29 is 9.59 Å². The van der Waals surface area contributed by atoms with E-state index in [1.54, 1.807) is 36.4 Å². The molecule has 0 radical (unpaired) electrons. The van der Waals surface area contributed by atoms with E-state index in [1.165, 1.54) is 11.3 Å². The van der Waals surface area contributed by atoms with E-state index < -0.39 is 0 Å². The molecule has 0 aliphatic rings. The van der Waals surface area contributed by atoms with E-state index in [2.05, 4.69) is 10.3 Å². The summed E-state index contributed by atoms with van der Waals surface area (Å²) in [5.41, 5.74) is 2.57. The molecule has 0 saturated carbocycles. The predicted octanol–water partition coefficient (Wildman–Crippen LogP) is 4.09. The molecule has 1 amide bonds. The number of hydrogen-bond donors (Lipinski definition) is 1. The second-order valence-electron chi connectivity index (χ2n) is 6.55. The van der Waals surface area contributed by atoms with E-state index in [1.807, 2.05) is 54.1 Å². The molecule has 4 rings (SSSR count). The number of carbonyl (C=O) groups excluding carboxylic acids is 2. The molecule has 5 nitrogen and oxygen atoms in total. The molecular weight excluding hydrogens is 414 g/mol. The third-order valence-corrected chi connectivity index (χ3v) is 5.88. The third-order valence-electron chi connectivity index (χ3n) is 4.58. The minimum absolute atomic E-state index is 0.0894. The van der Waals surface area contributed by atoms with Crippen LogP contribution in [0.25, 0.3) is 10.2 Å². The van der Waals surface area contributed by atoms with Crippen molar-refractivity contribution in [1.29, 1.82) is 0 Å². The SMILES string of the molecule is Cn1c(=NC(=S)NC(=O)c2ccc(C(=O)c3ccccc3)cc2)sc2ccccc21. The first-order valence-electron chi connectivity index (χ1n) is 9.17. The largest absolute Gasteiger partial charge is 0.319 e. The van der Waals surface area contributed by atoms with E-state index in [0.717, 1.165) is 10.2 Å². The van der Waals surface area contributed by atoms with Crippen LogP contribution in [0.3, 0.4) is 0 Å². The average molecular weight is 432 g/mol. The first-order chi connectivity index (χ1) is 14.5. The Morgan fingerprint density at radius 3 is 2.17 bits per heavy atom. The van der Waals surface area contributed by atoms with Gasteiger partial charge >= 0.3 is 0 Å². The minimum atomic E-state index is -0.369. The number of rotatable bonds is 3. The smallest absolute Gasteiger partial charge is 0.257 e. The highest BCUT2D eigenvalue weighted by molar-refractivity contribution is 7.80. The van der Waals surface area contributed by atoms with Gasteiger partial charge in [-0.05, 0) is 36.5 Å². The standard InChI is InChI=1S/C23H17N3O2S2/c1-26-18-9-5-6-10-19(18)30-23(26)25-22(29)24-21(28)17-13-11-16(12-14-17)20(27)15-7-3-2-4-8-15/h2-14H,1H3,(H,24,28,29). The number of aryl methyl sites for hydroxylation is 1. The van der Waals surface area contributed by atoms with Crippen LogP contribution >= 0.6 is 23.6 Å². The Bertz CT molecular complexity index is 1320. The number of nitrogens with zero attached hydrogens (tertiary/aromatic N) is 2. The lowest BCUT2D eigenvalue weighted by Gasteiger charge is -2.05. The minimum Gasteiger partial charge on any atom is -0.319 e. The van der Waals surface area contributed by atoms with Gasteiger partial charge in [-0.2, -0.15) is 4.99 Å². The summed E-state index contributed by atoms with van der Waals surface area (Å²) in [4.78, 5) is 30.1. The van der Waals surface area contributed by atoms with Gasteiger partial charge in [0.25, 0.3) is 5.91 Å². The average Bonchev–Trinajstić information content (AvgIpc) is 3.09. The summed E-state index contributed by atoms with van der Waals surface area (Å²) in [7, 11) is 1.91. The Morgan fingerprint density at radius 2 is 1.47 bits per heavy atom. The van der Waals surface area contributed by atoms with Crippen LogP contribution in [0.1, 0.15) is 26.3 Å². The van der Waals surface area contributed by atoms with Crippen molar-refractivity contribution in [1.82, 2.24) is 9.88 Å². The number of nitrogens with one attached hydrogen (secondary N) is 1. The summed E-state index contributed by atoms with van der Waals surface area (Å²) in [6.07, 6.45) is 0. The van der Waals surface area contributed by atoms with Crippen LogP contribution < -0.4 is 10.1 Å². The molecule has 4 aromatic rings. The molecule has 3 aromatic carbocycles. The molecule has 1 aromatic heterocycles. The van der Waals surface area contributed by atoms with Gasteiger partial charge in [-0.15, -0.1) is 0 Å². The Balaban J connectivity index is 1.49. The van der Waals surface area contributed by atoms with Crippen LogP contribution in [0.5, 0.6) is 0 Å². The third kappa shape index (κ3) is 4.12. The Morgan fingerprint density at radius 1 is 0.867 bits per heavy atom. The van der Waals surface area contributed by atoms with Crippen molar-refractivity contribution in [2.24, 2.45) is 12.0 Å². The number of ketones is 1. The zero-order valence-electron chi connectivity index (χ0n) is 16.0. The molecule has 0 unspecified atom stereocenters. The van der Waals surface area contributed by atoms with Crippen LogP contribution in [0.2, 0.25) is 0 Å². The molecular formula is C23H17N3O2S2. The normalized spacial score (nSPS) is 11.4. The van der Waals surface area contributed by atoms with Gasteiger partial charge < -0.3 is 4.57 Å². The highest BCUT2D eigenvalue weighted by atomic mass is 32.1. The summed E-state index contributed by atoms with van der Waals surface area (Å²) in [6.45, 7) is 0. The monoisotopic (exact) mass is 431 g/mol. The molecule has 0 spiro atoms. The second-order valence-corrected chi connectivity index (χ2v) is 7.95. The number of amides is 1. The van der Waals surface area contributed by atoms with E-state index in [0.29, 0.717) is 21.5 Å². The van der Waals surface area contributed by atoms with Crippen molar-refractivity contribution in [2.45, 2.75) is 0 Å². The van der Waals surface area contributed by atoms with E-state index in [-0.39, 0.29) is 16.8 Å². The Hall–Kier alpha value is -3.42. The van der Waals surface area contributed by atoms with Crippen molar-refractivity contribution in [3.8, 4) is 0 Å². The molecule has 0 aliphatic carbocycles. The maximum Gasteiger partial charge on any atom is 0.257 e. The molecule has 0 saturated heterocycles. The zero-order chi connectivity index (χ0) is 21.1. The fraction of sp³-hybridized carbons (Fsp3) is 0.0435. The Kier molecular flexibility index (Phi) is 5.65. The van der Waals surface area contributed by atoms with Gasteiger partial charge in [-0.3, -0.25) is 14.9 Å². The number of hydrogen-bond acceptors (Lipinski definition) is 4. The molecule has 1 heterocycles. The van der Waals surface area contributed by atoms with Crippen LogP contribution in [-0.4, -0.2) is 21.4 Å². The van der Waals surface area contributed by atoms with Crippen molar-refractivity contribution in [3.05, 3.63) is 100 Å². The van der Waals surface area contributed by atoms with Gasteiger partial charge in [0.05, 0.1) is 10.2 Å². The molecule has 0 aliphatic heterocycles. The lowest BCUT2D eigenvalue weighted by Crippen LogP contribution is -2.29. The fourth-order valence-electron chi connectivity index (χ4n) is 3.00. The van der Waals surface area contributed by atoms with Crippen molar-refractivity contribution in [2.75, 3.05) is 0 Å². The Labute approximate surface area is 182 Å². The number of para-hydroxylation sites is 1. The van der Waals surface area contributed by atoms with Gasteiger partial charge in [0, 0.05) is 23.7 Å². The lowest BCUT2D eigenvalue weighted by atomic mass is 10.0. The molecule has 1 N–H and O–H groups in total. The maximum atomic E-state index is 12.5. The molecule has 0 atom stereocenters. The summed E-state index contributed by atoms with van der Waals surface area (Å²) >= 11 is 6.75. The quantitative estimate of drug-likeness (QED) is 0.393. The van der Waals surface area contributed by atoms with Gasteiger partial charge in [0.15, 0.2) is 10.6 Å². The van der Waals surface area contributed by atoms with Crippen LogP contribution in [-0.2, 0) is 7.05 Å². The first kappa shape index (κ1) is 19.9. The van der Waals surface area contributed by atoms with Crippen LogP contribution in [0, 0.1) is 0 Å². The number of fused-ring (bicyclic) bond motifs is 1. The second kappa shape index (κ2) is 8.52. The highest BCUT2D eigenvalue weighted by Gasteiger charge is 2.12. The van der Waals surface area contributed by atoms with Gasteiger partial charge in [0.2, 0.25) is 5.11 Å². The number of benzene rings is 3. The molecule has 7 heteroatoms. The van der Waals surface area contributed by atoms with Crippen molar-refractivity contribution >= 4 is 50.6 Å². The fourth-order valence-corrected chi connectivity index (χ4v) is 4.26. The zero-order valence-corrected chi connectivity index (χ0v) is 17.7. The highest BCUT2D eigenvalue weighted by Crippen LogP contribution is 2.15. The van der Waals surface area contributed by atoms with Gasteiger partial charge in [0.1, 0.15) is 0 Å². The first-order valence-corrected chi connectivity index (χ1v) is 10.4. The summed E-state index contributed by atoms with van der Waals surface area (Å²) in [6, 6.07) is 23.4. The van der Waals surface area contributed by atoms with Gasteiger partial charge in [-0.25, -0.2) is 0 Å². The van der Waals surface area contributed by atoms with Gasteiger partial charge in [-0.1, -0.05) is 65.9 Å². The predicted molar refractivity (Wildman–Crippen MR) is 123 cm³/mol. The van der Waals surface area contributed by atoms with E-state index >= 15 is 0 Å². The molecule has 30 heavy (non-hydrogen) atoms. The molecule has 148 valence electrons. The maximum absolute atomic E-state index is 12.5. The summed E-state index contributed by atoms with van der Waals surface area (Å²) < 4.78 is 3.02. The van der Waals surface area contributed by atoms with E-state index in [4.69, 9.17) is 12.2 Å². The van der Waals surface area contributed by atoms with Crippen LogP contribution in [0.15, 0.2) is 83.9 Å². The topological polar surface area (TPSA) is 63.5 Å². The number of thiocarbonyl (C=S) groups is 1. The number of carbonyl (C=O) groups is 2. The molecule has 0 fully saturated rings.